The predicted octanol–water partition coefficient (Wildman–Crippen LogP) is 3.49. The maximum absolute atomic E-state index is 9.71. The third-order valence-corrected chi connectivity index (χ3v) is 3.30. The molecule has 0 radical (unpaired) electrons. The van der Waals surface area contributed by atoms with Gasteiger partial charge in [0.25, 0.3) is 0 Å². The van der Waals surface area contributed by atoms with Crippen LogP contribution in [0, 0.1) is 3.57 Å². The topological polar surface area (TPSA) is 52.5 Å². The van der Waals surface area contributed by atoms with Gasteiger partial charge < -0.3 is 15.5 Å². The summed E-state index contributed by atoms with van der Waals surface area (Å²) in [5.74, 6) is -0.0357. The summed E-state index contributed by atoms with van der Waals surface area (Å²) >= 11 is 7.43. The summed E-state index contributed by atoms with van der Waals surface area (Å²) in [6.45, 7) is 0. The molecule has 2 rings (SSSR count). The van der Waals surface area contributed by atoms with Crippen LogP contribution < -0.4 is 5.32 Å². The summed E-state index contributed by atoms with van der Waals surface area (Å²) in [7, 11) is 0. The molecule has 0 saturated heterocycles. The van der Waals surface area contributed by atoms with Gasteiger partial charge in [0.15, 0.2) is 0 Å². The molecule has 0 saturated carbocycles. The van der Waals surface area contributed by atoms with Crippen molar-refractivity contribution in [3.63, 3.8) is 0 Å². The molecule has 3 nitrogen and oxygen atoms in total. The Morgan fingerprint density at radius 1 is 1.11 bits per heavy atom. The average molecular weight is 371 g/mol. The van der Waals surface area contributed by atoms with E-state index in [0.29, 0.717) is 10.6 Å². The van der Waals surface area contributed by atoms with Crippen molar-refractivity contribution in [2.75, 3.05) is 5.32 Å². The Hall–Kier alpha value is -1.34. The van der Waals surface area contributed by atoms with E-state index < -0.39 is 0 Å². The second kappa shape index (κ2) is 5.53. The van der Waals surface area contributed by atoms with Gasteiger partial charge in [-0.3, -0.25) is 0 Å². The number of thiocarbonyl (C=S) groups is 1. The number of phenols is 2. The Bertz CT molecular complexity index is 601. The maximum atomic E-state index is 9.71. The lowest BCUT2D eigenvalue weighted by molar-refractivity contribution is 0.450. The Kier molecular flexibility index (Phi) is 4.03. The van der Waals surface area contributed by atoms with Crippen LogP contribution in [0.2, 0.25) is 0 Å². The molecular weight excluding hydrogens is 361 g/mol. The van der Waals surface area contributed by atoms with Gasteiger partial charge in [0.05, 0.1) is 5.56 Å². The van der Waals surface area contributed by atoms with Crippen molar-refractivity contribution in [1.82, 2.24) is 0 Å². The van der Waals surface area contributed by atoms with Crippen LogP contribution in [-0.4, -0.2) is 15.2 Å². The first kappa shape index (κ1) is 13.1. The minimum absolute atomic E-state index is 0.00769. The van der Waals surface area contributed by atoms with Gasteiger partial charge >= 0.3 is 0 Å². The molecule has 0 aliphatic rings. The highest BCUT2D eigenvalue weighted by Crippen LogP contribution is 2.24. The normalized spacial score (nSPS) is 10.1. The van der Waals surface area contributed by atoms with Crippen molar-refractivity contribution in [1.29, 1.82) is 0 Å². The fourth-order valence-corrected chi connectivity index (χ4v) is 2.31. The third-order valence-electron chi connectivity index (χ3n) is 2.31. The van der Waals surface area contributed by atoms with Crippen molar-refractivity contribution >= 4 is 45.5 Å². The number of nitrogens with one attached hydrogen (secondary N) is 1. The first-order valence-electron chi connectivity index (χ1n) is 5.15. The zero-order valence-corrected chi connectivity index (χ0v) is 12.2. The maximum Gasteiger partial charge on any atom is 0.129 e. The van der Waals surface area contributed by atoms with Crippen molar-refractivity contribution in [2.45, 2.75) is 0 Å². The molecule has 0 aliphatic heterocycles. The fourth-order valence-electron chi connectivity index (χ4n) is 1.48. The van der Waals surface area contributed by atoms with E-state index in [9.17, 15) is 10.2 Å². The van der Waals surface area contributed by atoms with Crippen molar-refractivity contribution in [3.8, 4) is 11.5 Å². The van der Waals surface area contributed by atoms with Gasteiger partial charge in [-0.15, -0.1) is 0 Å². The van der Waals surface area contributed by atoms with Crippen LogP contribution in [0.4, 0.5) is 5.69 Å². The van der Waals surface area contributed by atoms with Gasteiger partial charge in [0.2, 0.25) is 0 Å². The Balaban J connectivity index is 2.22. The first-order valence-corrected chi connectivity index (χ1v) is 6.64. The zero-order valence-electron chi connectivity index (χ0n) is 9.22. The molecule has 0 amide bonds. The zero-order chi connectivity index (χ0) is 13.1. The van der Waals surface area contributed by atoms with Gasteiger partial charge in [-0.2, -0.15) is 0 Å². The van der Waals surface area contributed by atoms with Gasteiger partial charge in [0.1, 0.15) is 16.5 Å². The molecule has 0 atom stereocenters. The second-order valence-corrected chi connectivity index (χ2v) is 5.32. The molecule has 18 heavy (non-hydrogen) atoms. The van der Waals surface area contributed by atoms with Gasteiger partial charge in [-0.25, -0.2) is 0 Å². The lowest BCUT2D eigenvalue weighted by atomic mass is 10.2. The van der Waals surface area contributed by atoms with Crippen LogP contribution in [0.15, 0.2) is 42.5 Å². The van der Waals surface area contributed by atoms with Crippen LogP contribution in [0.5, 0.6) is 11.5 Å². The summed E-state index contributed by atoms with van der Waals surface area (Å²) < 4.78 is 1.09. The molecule has 0 spiro atoms. The van der Waals surface area contributed by atoms with Crippen LogP contribution in [0.1, 0.15) is 5.56 Å². The van der Waals surface area contributed by atoms with Gasteiger partial charge in [-0.05, 0) is 52.9 Å². The molecule has 2 aromatic carbocycles. The first-order chi connectivity index (χ1) is 8.56. The molecule has 0 aliphatic carbocycles. The summed E-state index contributed by atoms with van der Waals surface area (Å²) in [6, 6.07) is 12.1. The summed E-state index contributed by atoms with van der Waals surface area (Å²) in [4.78, 5) is 0.412. The van der Waals surface area contributed by atoms with E-state index in [2.05, 4.69) is 27.9 Å². The number of benzene rings is 2. The SMILES string of the molecule is Oc1ccc(C(=S)Nc2cccc(I)c2)c(O)c1. The Morgan fingerprint density at radius 3 is 2.56 bits per heavy atom. The number of anilines is 1. The number of halogens is 1. The molecule has 0 fully saturated rings. The smallest absolute Gasteiger partial charge is 0.129 e. The van der Waals surface area contributed by atoms with Crippen LogP contribution >= 0.6 is 34.8 Å². The van der Waals surface area contributed by atoms with Crippen molar-refractivity contribution in [2.24, 2.45) is 0 Å². The lowest BCUT2D eigenvalue weighted by Crippen LogP contribution is -2.10. The highest BCUT2D eigenvalue weighted by molar-refractivity contribution is 14.1. The quantitative estimate of drug-likeness (QED) is 0.559. The van der Waals surface area contributed by atoms with Crippen LogP contribution in [-0.2, 0) is 0 Å². The molecule has 5 heteroatoms. The third kappa shape index (κ3) is 3.11. The van der Waals surface area contributed by atoms with Crippen LogP contribution in [0.25, 0.3) is 0 Å². The van der Waals surface area contributed by atoms with E-state index in [1.807, 2.05) is 24.3 Å². The molecule has 2 aromatic rings. The Morgan fingerprint density at radius 2 is 1.89 bits per heavy atom. The number of aromatic hydroxyl groups is 2. The fraction of sp³-hybridized carbons (Fsp3) is 0. The molecule has 92 valence electrons. The molecule has 0 heterocycles. The van der Waals surface area contributed by atoms with E-state index >= 15 is 0 Å². The van der Waals surface area contributed by atoms with E-state index in [1.165, 1.54) is 12.1 Å². The number of hydrogen-bond donors (Lipinski definition) is 3. The molecule has 0 bridgehead atoms. The molecule has 3 N–H and O–H groups in total. The summed E-state index contributed by atoms with van der Waals surface area (Å²) in [5, 5.41) is 22.0. The van der Waals surface area contributed by atoms with Gasteiger partial charge in [0, 0.05) is 15.3 Å². The second-order valence-electron chi connectivity index (χ2n) is 3.67. The molecule has 0 unspecified atom stereocenters. The van der Waals surface area contributed by atoms with Crippen molar-refractivity contribution in [3.05, 3.63) is 51.6 Å². The van der Waals surface area contributed by atoms with Crippen LogP contribution in [0.3, 0.4) is 0 Å². The number of hydrogen-bond acceptors (Lipinski definition) is 3. The standard InChI is InChI=1S/C13H10INO2S/c14-8-2-1-3-9(6-8)15-13(18)11-5-4-10(16)7-12(11)17/h1-7,16-17H,(H,15,18). The van der Waals surface area contributed by atoms with E-state index in [0.717, 1.165) is 9.26 Å². The largest absolute Gasteiger partial charge is 0.508 e. The van der Waals surface area contributed by atoms with Gasteiger partial charge in [-0.1, -0.05) is 18.3 Å². The monoisotopic (exact) mass is 371 g/mol. The van der Waals surface area contributed by atoms with E-state index in [1.54, 1.807) is 6.07 Å². The minimum atomic E-state index is -0.0434. The number of phenolic OH excluding ortho intramolecular Hbond substituents is 2. The predicted molar refractivity (Wildman–Crippen MR) is 84.3 cm³/mol. The Labute approximate surface area is 124 Å². The minimum Gasteiger partial charge on any atom is -0.508 e. The van der Waals surface area contributed by atoms with E-state index in [4.69, 9.17) is 12.2 Å². The molecular formula is C13H10INO2S. The lowest BCUT2D eigenvalue weighted by Gasteiger charge is -2.10. The highest BCUT2D eigenvalue weighted by atomic mass is 127. The highest BCUT2D eigenvalue weighted by Gasteiger charge is 2.08. The van der Waals surface area contributed by atoms with Crippen molar-refractivity contribution < 1.29 is 10.2 Å². The average Bonchev–Trinajstić information content (AvgIpc) is 2.28. The molecule has 0 aromatic heterocycles. The summed E-state index contributed by atoms with van der Waals surface area (Å²) in [6.07, 6.45) is 0. The van der Waals surface area contributed by atoms with E-state index in [-0.39, 0.29) is 11.5 Å². The number of rotatable bonds is 2. The summed E-state index contributed by atoms with van der Waals surface area (Å²) in [5.41, 5.74) is 1.35.